The zero-order valence-electron chi connectivity index (χ0n) is 14.3. The predicted molar refractivity (Wildman–Crippen MR) is 96.5 cm³/mol. The van der Waals surface area contributed by atoms with Crippen LogP contribution in [-0.2, 0) is 5.54 Å². The molecule has 0 saturated heterocycles. The van der Waals surface area contributed by atoms with E-state index in [4.69, 9.17) is 0 Å². The third-order valence-electron chi connectivity index (χ3n) is 3.82. The van der Waals surface area contributed by atoms with Gasteiger partial charge in [-0.25, -0.2) is 9.78 Å². The SMILES string of the molecule is CCC(C)(NC(=O)Nc1ccc(C(=O)NC)cc1)c1nc(C)cs1. The molecular formula is C17H22N4O2S. The van der Waals surface area contributed by atoms with Gasteiger partial charge < -0.3 is 16.0 Å². The van der Waals surface area contributed by atoms with Crippen molar-refractivity contribution < 1.29 is 9.59 Å². The van der Waals surface area contributed by atoms with E-state index in [1.807, 2.05) is 26.2 Å². The number of anilines is 1. The van der Waals surface area contributed by atoms with Gasteiger partial charge in [-0.1, -0.05) is 6.92 Å². The lowest BCUT2D eigenvalue weighted by molar-refractivity contribution is 0.0963. The molecule has 0 aliphatic rings. The van der Waals surface area contributed by atoms with Crippen LogP contribution in [0.2, 0.25) is 0 Å². The summed E-state index contributed by atoms with van der Waals surface area (Å²) in [5, 5.41) is 11.2. The maximum atomic E-state index is 12.3. The number of urea groups is 1. The van der Waals surface area contributed by atoms with Gasteiger partial charge >= 0.3 is 6.03 Å². The van der Waals surface area contributed by atoms with Gasteiger partial charge in [0, 0.05) is 29.4 Å². The van der Waals surface area contributed by atoms with E-state index in [9.17, 15) is 9.59 Å². The van der Waals surface area contributed by atoms with Crippen LogP contribution in [0.4, 0.5) is 10.5 Å². The Balaban J connectivity index is 2.05. The van der Waals surface area contributed by atoms with E-state index in [0.29, 0.717) is 11.3 Å². The van der Waals surface area contributed by atoms with Crippen LogP contribution < -0.4 is 16.0 Å². The smallest absolute Gasteiger partial charge is 0.320 e. The van der Waals surface area contributed by atoms with E-state index >= 15 is 0 Å². The lowest BCUT2D eigenvalue weighted by Gasteiger charge is -2.27. The average Bonchev–Trinajstić information content (AvgIpc) is 3.01. The molecule has 7 heteroatoms. The fraction of sp³-hybridized carbons (Fsp3) is 0.353. The number of aryl methyl sites for hydroxylation is 1. The summed E-state index contributed by atoms with van der Waals surface area (Å²) < 4.78 is 0. The predicted octanol–water partition coefficient (Wildman–Crippen LogP) is 3.26. The first-order chi connectivity index (χ1) is 11.4. The average molecular weight is 346 g/mol. The lowest BCUT2D eigenvalue weighted by Crippen LogP contribution is -2.45. The van der Waals surface area contributed by atoms with Crippen LogP contribution in [0, 0.1) is 6.92 Å². The number of hydrogen-bond donors (Lipinski definition) is 3. The van der Waals surface area contributed by atoms with Crippen molar-refractivity contribution in [1.82, 2.24) is 15.6 Å². The van der Waals surface area contributed by atoms with E-state index in [2.05, 4.69) is 20.9 Å². The Morgan fingerprint density at radius 2 is 1.92 bits per heavy atom. The van der Waals surface area contributed by atoms with Gasteiger partial charge in [0.1, 0.15) is 5.01 Å². The quantitative estimate of drug-likeness (QED) is 0.777. The molecule has 2 rings (SSSR count). The first-order valence-electron chi connectivity index (χ1n) is 7.72. The van der Waals surface area contributed by atoms with Gasteiger partial charge in [-0.3, -0.25) is 4.79 Å². The zero-order valence-corrected chi connectivity index (χ0v) is 15.1. The fourth-order valence-electron chi connectivity index (χ4n) is 2.16. The largest absolute Gasteiger partial charge is 0.355 e. The summed E-state index contributed by atoms with van der Waals surface area (Å²) in [6, 6.07) is 6.41. The molecule has 0 aliphatic carbocycles. The highest BCUT2D eigenvalue weighted by Crippen LogP contribution is 2.27. The molecule has 0 radical (unpaired) electrons. The van der Waals surface area contributed by atoms with Crippen molar-refractivity contribution in [2.45, 2.75) is 32.7 Å². The van der Waals surface area contributed by atoms with Gasteiger partial charge in [0.15, 0.2) is 0 Å². The molecule has 0 aliphatic heterocycles. The molecule has 1 heterocycles. The minimum atomic E-state index is -0.523. The first kappa shape index (κ1) is 17.9. The summed E-state index contributed by atoms with van der Waals surface area (Å²) in [7, 11) is 1.58. The van der Waals surface area contributed by atoms with Crippen LogP contribution in [0.1, 0.15) is 41.3 Å². The van der Waals surface area contributed by atoms with Crippen molar-refractivity contribution in [2.24, 2.45) is 0 Å². The summed E-state index contributed by atoms with van der Waals surface area (Å²) in [6.45, 7) is 5.90. The van der Waals surface area contributed by atoms with E-state index in [-0.39, 0.29) is 11.9 Å². The topological polar surface area (TPSA) is 83.1 Å². The Labute approximate surface area is 145 Å². The lowest BCUT2D eigenvalue weighted by atomic mass is 10.0. The number of hydrogen-bond acceptors (Lipinski definition) is 4. The van der Waals surface area contributed by atoms with E-state index in [1.165, 1.54) is 11.3 Å². The molecule has 2 aromatic rings. The van der Waals surface area contributed by atoms with Crippen molar-refractivity contribution in [3.05, 3.63) is 45.9 Å². The fourth-order valence-corrected chi connectivity index (χ4v) is 3.15. The third kappa shape index (κ3) is 4.11. The molecular weight excluding hydrogens is 324 g/mol. The van der Waals surface area contributed by atoms with Crippen LogP contribution in [0.25, 0.3) is 0 Å². The molecule has 0 fully saturated rings. The summed E-state index contributed by atoms with van der Waals surface area (Å²) >= 11 is 1.54. The van der Waals surface area contributed by atoms with Crippen LogP contribution in [0.5, 0.6) is 0 Å². The number of thiazole rings is 1. The Morgan fingerprint density at radius 3 is 2.42 bits per heavy atom. The molecule has 24 heavy (non-hydrogen) atoms. The van der Waals surface area contributed by atoms with E-state index in [0.717, 1.165) is 17.1 Å². The summed E-state index contributed by atoms with van der Waals surface area (Å²) in [5.41, 5.74) is 1.58. The van der Waals surface area contributed by atoms with Crippen molar-refractivity contribution >= 4 is 29.0 Å². The minimum absolute atomic E-state index is 0.163. The normalized spacial score (nSPS) is 13.0. The maximum absolute atomic E-state index is 12.3. The number of carbonyl (C=O) groups is 2. The van der Waals surface area contributed by atoms with E-state index < -0.39 is 5.54 Å². The van der Waals surface area contributed by atoms with Crippen LogP contribution in [0.3, 0.4) is 0 Å². The Hall–Kier alpha value is -2.41. The molecule has 0 spiro atoms. The molecule has 128 valence electrons. The van der Waals surface area contributed by atoms with Gasteiger partial charge in [0.25, 0.3) is 5.91 Å². The summed E-state index contributed by atoms with van der Waals surface area (Å²) in [6.07, 6.45) is 0.725. The Bertz CT molecular complexity index is 726. The number of rotatable bonds is 5. The number of amides is 3. The van der Waals surface area contributed by atoms with E-state index in [1.54, 1.807) is 31.3 Å². The van der Waals surface area contributed by atoms with Gasteiger partial charge in [-0.15, -0.1) is 11.3 Å². The summed E-state index contributed by atoms with van der Waals surface area (Å²) in [5.74, 6) is -0.163. The van der Waals surface area contributed by atoms with Crippen molar-refractivity contribution in [2.75, 3.05) is 12.4 Å². The molecule has 1 aromatic heterocycles. The second kappa shape index (κ2) is 7.44. The maximum Gasteiger partial charge on any atom is 0.320 e. The molecule has 1 unspecified atom stereocenters. The molecule has 3 N–H and O–H groups in total. The highest BCUT2D eigenvalue weighted by Gasteiger charge is 2.29. The molecule has 3 amide bonds. The Morgan fingerprint density at radius 1 is 1.25 bits per heavy atom. The van der Waals surface area contributed by atoms with Crippen LogP contribution in [0.15, 0.2) is 29.6 Å². The zero-order chi connectivity index (χ0) is 17.7. The van der Waals surface area contributed by atoms with Gasteiger partial charge in [0.2, 0.25) is 0 Å². The standard InChI is InChI=1S/C17H22N4O2S/c1-5-17(3,15-19-11(2)10-24-15)21-16(23)20-13-8-6-12(7-9-13)14(22)18-4/h6-10H,5H2,1-4H3,(H,18,22)(H2,20,21,23). The van der Waals surface area contributed by atoms with Crippen molar-refractivity contribution in [3.8, 4) is 0 Å². The number of benzene rings is 1. The van der Waals surface area contributed by atoms with Crippen LogP contribution in [-0.4, -0.2) is 24.0 Å². The molecule has 1 aromatic carbocycles. The number of nitrogens with one attached hydrogen (secondary N) is 3. The molecule has 6 nitrogen and oxygen atoms in total. The monoisotopic (exact) mass is 346 g/mol. The van der Waals surface area contributed by atoms with Crippen molar-refractivity contribution in [1.29, 1.82) is 0 Å². The second-order valence-corrected chi connectivity index (χ2v) is 6.57. The third-order valence-corrected chi connectivity index (χ3v) is 5.04. The molecule has 1 atom stereocenters. The highest BCUT2D eigenvalue weighted by molar-refractivity contribution is 7.09. The van der Waals surface area contributed by atoms with Crippen LogP contribution >= 0.6 is 11.3 Å². The number of aromatic nitrogens is 1. The molecule has 0 bridgehead atoms. The minimum Gasteiger partial charge on any atom is -0.355 e. The van der Waals surface area contributed by atoms with Gasteiger partial charge in [-0.2, -0.15) is 0 Å². The summed E-state index contributed by atoms with van der Waals surface area (Å²) in [4.78, 5) is 28.3. The van der Waals surface area contributed by atoms with Crippen molar-refractivity contribution in [3.63, 3.8) is 0 Å². The second-order valence-electron chi connectivity index (χ2n) is 5.72. The highest BCUT2D eigenvalue weighted by atomic mass is 32.1. The molecule has 0 saturated carbocycles. The number of nitrogens with zero attached hydrogens (tertiary/aromatic N) is 1. The van der Waals surface area contributed by atoms with Gasteiger partial charge in [0.05, 0.1) is 5.54 Å². The Kier molecular flexibility index (Phi) is 5.56. The first-order valence-corrected chi connectivity index (χ1v) is 8.60. The van der Waals surface area contributed by atoms with Gasteiger partial charge in [-0.05, 0) is 44.5 Å². The number of carbonyl (C=O) groups excluding carboxylic acids is 2.